The molecule has 0 aliphatic carbocycles. The highest BCUT2D eigenvalue weighted by atomic mass is 35.7. The smallest absolute Gasteiger partial charge is 0.287 e. The maximum Gasteiger partial charge on any atom is 0.287 e. The second-order valence-electron chi connectivity index (χ2n) is 13.3. The van der Waals surface area contributed by atoms with Crippen molar-refractivity contribution in [2.75, 3.05) is 4.90 Å². The van der Waals surface area contributed by atoms with E-state index in [1.807, 2.05) is 24.3 Å². The first kappa shape index (κ1) is 37.3. The van der Waals surface area contributed by atoms with Crippen molar-refractivity contribution < 1.29 is 37.9 Å². The topological polar surface area (TPSA) is 130 Å². The fourth-order valence-electron chi connectivity index (χ4n) is 7.13. The van der Waals surface area contributed by atoms with Gasteiger partial charge in [-0.15, -0.1) is 10.2 Å². The Balaban J connectivity index is 0.000000875. The van der Waals surface area contributed by atoms with E-state index in [9.17, 15) is 0 Å². The molecule has 1 aliphatic rings. The fourth-order valence-corrected chi connectivity index (χ4v) is 7.13. The monoisotopic (exact) mass is 750 g/mol. The Morgan fingerprint density at radius 1 is 0.727 bits per heavy atom. The number of oxazole rings is 1. The molecule has 3 heterocycles. The van der Waals surface area contributed by atoms with Gasteiger partial charge in [0.15, 0.2) is 16.6 Å². The standard InChI is InChI=1S/C45H39N4O.ClHO4/c1-4-47-40-32-33(44-46-37-25-17-19-27-41(37)50-44)30-31-39(40)49(35-22-12-9-13-23-35)43(47)29-15-7-5-6-14-28-42-45(2,3)36-24-16-18-26-38(36)48(42)34-20-10-8-11-21-34;2-1(3,4)5/h5-32H,4H2,1-3H3;(H,2,3,4,5)/q+1;/p-1. The number of hydrogen-bond acceptors (Lipinski definition) is 7. The van der Waals surface area contributed by atoms with E-state index in [0.717, 1.165) is 45.8 Å². The summed E-state index contributed by atoms with van der Waals surface area (Å²) >= 11 is 0. The zero-order chi connectivity index (χ0) is 38.6. The van der Waals surface area contributed by atoms with Crippen LogP contribution in [-0.2, 0) is 12.0 Å². The Hall–Kier alpha value is -6.07. The van der Waals surface area contributed by atoms with Gasteiger partial charge in [-0.25, -0.2) is 28.2 Å². The van der Waals surface area contributed by atoms with Gasteiger partial charge in [0.1, 0.15) is 11.2 Å². The molecule has 0 radical (unpaired) electrons. The van der Waals surface area contributed by atoms with Gasteiger partial charge >= 0.3 is 0 Å². The number of halogens is 1. The van der Waals surface area contributed by atoms with Gasteiger partial charge in [-0.1, -0.05) is 111 Å². The minimum Gasteiger partial charge on any atom is -0.436 e. The van der Waals surface area contributed by atoms with Crippen LogP contribution in [0.5, 0.6) is 0 Å². The lowest BCUT2D eigenvalue weighted by Crippen LogP contribution is -2.68. The molecule has 0 saturated heterocycles. The van der Waals surface area contributed by atoms with Crippen LogP contribution in [0.2, 0.25) is 0 Å². The van der Waals surface area contributed by atoms with E-state index in [1.54, 1.807) is 0 Å². The van der Waals surface area contributed by atoms with Gasteiger partial charge in [-0.3, -0.25) is 0 Å². The average Bonchev–Trinajstić information content (AvgIpc) is 3.82. The maximum absolute atomic E-state index is 8.49. The highest BCUT2D eigenvalue weighted by Crippen LogP contribution is 2.50. The van der Waals surface area contributed by atoms with E-state index in [4.69, 9.17) is 28.0 Å². The Morgan fingerprint density at radius 3 is 2.05 bits per heavy atom. The van der Waals surface area contributed by atoms with Crippen molar-refractivity contribution in [1.29, 1.82) is 0 Å². The van der Waals surface area contributed by atoms with Crippen LogP contribution in [0.15, 0.2) is 174 Å². The van der Waals surface area contributed by atoms with E-state index >= 15 is 0 Å². The van der Waals surface area contributed by atoms with Gasteiger partial charge in [-0.2, -0.15) is 4.57 Å². The quantitative estimate of drug-likeness (QED) is 0.135. The van der Waals surface area contributed by atoms with Crippen LogP contribution in [0.1, 0.15) is 32.2 Å². The number of fused-ring (bicyclic) bond motifs is 3. The second kappa shape index (κ2) is 15.7. The molecule has 0 spiro atoms. The number of anilines is 2. The summed E-state index contributed by atoms with van der Waals surface area (Å²) in [7, 11) is -4.94. The van der Waals surface area contributed by atoms with Crippen molar-refractivity contribution in [2.24, 2.45) is 0 Å². The molecule has 8 rings (SSSR count). The van der Waals surface area contributed by atoms with Crippen LogP contribution >= 0.6 is 0 Å². The summed E-state index contributed by atoms with van der Waals surface area (Å²) in [5.41, 5.74) is 10.8. The van der Waals surface area contributed by atoms with Gasteiger partial charge in [0.25, 0.3) is 5.82 Å². The molecule has 2 aromatic heterocycles. The van der Waals surface area contributed by atoms with Crippen molar-refractivity contribution in [3.8, 4) is 17.1 Å². The predicted octanol–water partition coefficient (Wildman–Crippen LogP) is 6.13. The van der Waals surface area contributed by atoms with Gasteiger partial charge in [0, 0.05) is 40.2 Å². The van der Waals surface area contributed by atoms with Crippen LogP contribution in [0.25, 0.3) is 45.4 Å². The van der Waals surface area contributed by atoms with E-state index in [1.165, 1.54) is 22.6 Å². The predicted molar refractivity (Wildman–Crippen MR) is 206 cm³/mol. The number of aryl methyl sites for hydroxylation is 1. The fraction of sp³-hybridized carbons (Fsp3) is 0.111. The van der Waals surface area contributed by atoms with E-state index < -0.39 is 10.2 Å². The lowest BCUT2D eigenvalue weighted by Gasteiger charge is -2.27. The summed E-state index contributed by atoms with van der Waals surface area (Å²) in [4.78, 5) is 7.14. The molecule has 10 heteroatoms. The van der Waals surface area contributed by atoms with Crippen molar-refractivity contribution in [1.82, 2.24) is 9.55 Å². The first-order valence-electron chi connectivity index (χ1n) is 17.8. The second-order valence-corrected chi connectivity index (χ2v) is 14.1. The Labute approximate surface area is 321 Å². The summed E-state index contributed by atoms with van der Waals surface area (Å²) in [5, 5.41) is 0. The molecule has 0 N–H and O–H groups in total. The maximum atomic E-state index is 8.49. The van der Waals surface area contributed by atoms with Gasteiger partial charge < -0.3 is 9.32 Å². The number of benzene rings is 5. The van der Waals surface area contributed by atoms with Crippen molar-refractivity contribution in [3.63, 3.8) is 0 Å². The molecule has 0 bridgehead atoms. The third kappa shape index (κ3) is 7.93. The van der Waals surface area contributed by atoms with E-state index in [0.29, 0.717) is 5.89 Å². The van der Waals surface area contributed by atoms with Gasteiger partial charge in [0.05, 0.1) is 6.54 Å². The zero-order valence-corrected chi connectivity index (χ0v) is 31.3. The summed E-state index contributed by atoms with van der Waals surface area (Å²) in [6.45, 7) is 7.60. The molecule has 7 aromatic rings. The van der Waals surface area contributed by atoms with E-state index in [2.05, 4.69) is 180 Å². The van der Waals surface area contributed by atoms with Gasteiger partial charge in [-0.05, 0) is 73.2 Å². The Morgan fingerprint density at radius 2 is 1.35 bits per heavy atom. The minimum atomic E-state index is -4.94. The van der Waals surface area contributed by atoms with Crippen LogP contribution in [0.3, 0.4) is 0 Å². The lowest BCUT2D eigenvalue weighted by molar-refractivity contribution is -2.00. The summed E-state index contributed by atoms with van der Waals surface area (Å²) in [6.07, 6.45) is 15.0. The highest BCUT2D eigenvalue weighted by molar-refractivity contribution is 5.83. The van der Waals surface area contributed by atoms with Crippen molar-refractivity contribution in [3.05, 3.63) is 181 Å². The molecule has 1 aliphatic heterocycles. The largest absolute Gasteiger partial charge is 0.436 e. The molecule has 0 saturated carbocycles. The van der Waals surface area contributed by atoms with Gasteiger partial charge in [0.2, 0.25) is 5.89 Å². The van der Waals surface area contributed by atoms with Crippen molar-refractivity contribution >= 4 is 39.6 Å². The third-order valence-corrected chi connectivity index (χ3v) is 9.54. The molecular weight excluding hydrogens is 712 g/mol. The number of nitrogens with zero attached hydrogens (tertiary/aromatic N) is 4. The normalized spacial score (nSPS) is 14.8. The first-order valence-corrected chi connectivity index (χ1v) is 19.1. The Bertz CT molecular complexity index is 2520. The lowest BCUT2D eigenvalue weighted by atomic mass is 9.84. The zero-order valence-electron chi connectivity index (χ0n) is 30.6. The average molecular weight is 751 g/mol. The summed E-state index contributed by atoms with van der Waals surface area (Å²) in [6, 6.07) is 44.2. The molecular formula is C45H39ClN4O5. The number of hydrogen-bond donors (Lipinski definition) is 0. The molecule has 9 nitrogen and oxygen atoms in total. The third-order valence-electron chi connectivity index (χ3n) is 9.54. The van der Waals surface area contributed by atoms with E-state index in [-0.39, 0.29) is 5.41 Å². The van der Waals surface area contributed by atoms with Crippen LogP contribution in [0.4, 0.5) is 11.4 Å². The molecule has 5 aromatic carbocycles. The van der Waals surface area contributed by atoms with Crippen LogP contribution < -0.4 is 28.1 Å². The SMILES string of the molecule is CC[n+]1c(/C=C/C=C/C=C/C=C2/N(c3ccccc3)c3ccccc3C2(C)C)n(-c2ccccc2)c2ccc(-c3nc4ccccc4o3)cc21.[O-][Cl+3]([O-])([O-])[O-]. The number of imidazole rings is 1. The highest BCUT2D eigenvalue weighted by Gasteiger charge is 2.40. The number of para-hydroxylation sites is 5. The number of allylic oxidation sites excluding steroid dienone is 7. The molecule has 0 amide bonds. The van der Waals surface area contributed by atoms with Crippen LogP contribution in [0, 0.1) is 10.2 Å². The first-order chi connectivity index (χ1) is 26.5. The number of rotatable bonds is 8. The molecule has 0 atom stereocenters. The summed E-state index contributed by atoms with van der Waals surface area (Å²) < 4.78 is 44.8. The van der Waals surface area contributed by atoms with Crippen molar-refractivity contribution in [2.45, 2.75) is 32.7 Å². The molecule has 55 heavy (non-hydrogen) atoms. The molecule has 0 fully saturated rings. The summed E-state index contributed by atoms with van der Waals surface area (Å²) in [5.74, 6) is 1.71. The molecule has 0 unspecified atom stereocenters. The minimum absolute atomic E-state index is 0.126. The number of aromatic nitrogens is 3. The Kier molecular flexibility index (Phi) is 10.7. The molecule has 276 valence electrons. The van der Waals surface area contributed by atoms with Crippen LogP contribution in [-0.4, -0.2) is 9.55 Å².